The summed E-state index contributed by atoms with van der Waals surface area (Å²) in [5.74, 6) is 0. The monoisotopic (exact) mass is 191 g/mol. The number of aromatic nitrogens is 1. The highest BCUT2D eigenvalue weighted by Crippen LogP contribution is 2.27. The van der Waals surface area contributed by atoms with Gasteiger partial charge in [0.2, 0.25) is 0 Å². The van der Waals surface area contributed by atoms with E-state index < -0.39 is 0 Å². The van der Waals surface area contributed by atoms with Crippen molar-refractivity contribution < 1.29 is 4.79 Å². The molecular formula is C10H9NOS. The summed E-state index contributed by atoms with van der Waals surface area (Å²) in [5.41, 5.74) is 1.76. The number of nitrogens with zero attached hydrogens (tertiary/aromatic N) is 1. The zero-order valence-corrected chi connectivity index (χ0v) is 8.04. The van der Waals surface area contributed by atoms with Crippen LogP contribution in [0, 0.1) is 0 Å². The molecule has 0 radical (unpaired) electrons. The van der Waals surface area contributed by atoms with Crippen LogP contribution in [0.2, 0.25) is 0 Å². The molecule has 0 saturated heterocycles. The highest BCUT2D eigenvalue weighted by Gasteiger charge is 2.07. The van der Waals surface area contributed by atoms with Gasteiger partial charge in [-0.15, -0.1) is 11.3 Å². The van der Waals surface area contributed by atoms with Crippen LogP contribution in [0.1, 0.15) is 10.5 Å². The first-order valence-electron chi connectivity index (χ1n) is 3.97. The van der Waals surface area contributed by atoms with Crippen molar-refractivity contribution in [3.63, 3.8) is 0 Å². The normalized spacial score (nSPS) is 10.2. The lowest BCUT2D eigenvalue weighted by molar-refractivity contribution is 0.111. The van der Waals surface area contributed by atoms with Gasteiger partial charge in [-0.3, -0.25) is 4.79 Å². The van der Waals surface area contributed by atoms with E-state index in [1.54, 1.807) is 11.3 Å². The van der Waals surface area contributed by atoms with Gasteiger partial charge in [-0.25, -0.2) is 0 Å². The van der Waals surface area contributed by atoms with Crippen LogP contribution in [-0.4, -0.2) is 10.9 Å². The first kappa shape index (κ1) is 8.26. The lowest BCUT2D eigenvalue weighted by Gasteiger charge is -1.96. The minimum absolute atomic E-state index is 0.738. The van der Waals surface area contributed by atoms with Gasteiger partial charge in [0.15, 0.2) is 6.29 Å². The van der Waals surface area contributed by atoms with Gasteiger partial charge in [-0.05, 0) is 17.5 Å². The van der Waals surface area contributed by atoms with Gasteiger partial charge in [0.05, 0.1) is 5.69 Å². The van der Waals surface area contributed by atoms with Crippen LogP contribution in [0.15, 0.2) is 29.8 Å². The average molecular weight is 191 g/mol. The quantitative estimate of drug-likeness (QED) is 0.669. The Bertz CT molecular complexity index is 414. The number of hydrogen-bond donors (Lipinski definition) is 0. The van der Waals surface area contributed by atoms with Gasteiger partial charge in [0.25, 0.3) is 0 Å². The van der Waals surface area contributed by atoms with Crippen LogP contribution in [0.3, 0.4) is 0 Å². The molecule has 3 heteroatoms. The standard InChI is InChI=1S/C10H9NOS/c1-11-5-4-8(9(11)7-12)10-3-2-6-13-10/h2-7H,1H3. The van der Waals surface area contributed by atoms with Crippen molar-refractivity contribution in [3.8, 4) is 10.4 Å². The molecule has 2 rings (SSSR count). The van der Waals surface area contributed by atoms with Crippen molar-refractivity contribution in [2.75, 3.05) is 0 Å². The summed E-state index contributed by atoms with van der Waals surface area (Å²) in [6, 6.07) is 5.98. The van der Waals surface area contributed by atoms with Gasteiger partial charge in [0.1, 0.15) is 0 Å². The fourth-order valence-electron chi connectivity index (χ4n) is 1.33. The van der Waals surface area contributed by atoms with E-state index in [-0.39, 0.29) is 0 Å². The van der Waals surface area contributed by atoms with Crippen molar-refractivity contribution in [1.29, 1.82) is 0 Å². The summed E-state index contributed by atoms with van der Waals surface area (Å²) in [4.78, 5) is 11.9. The van der Waals surface area contributed by atoms with E-state index in [0.29, 0.717) is 0 Å². The molecule has 2 heterocycles. The van der Waals surface area contributed by atoms with Crippen molar-refractivity contribution in [3.05, 3.63) is 35.5 Å². The fourth-order valence-corrected chi connectivity index (χ4v) is 2.09. The van der Waals surface area contributed by atoms with Gasteiger partial charge in [-0.1, -0.05) is 6.07 Å². The van der Waals surface area contributed by atoms with Crippen LogP contribution in [0.5, 0.6) is 0 Å². The van der Waals surface area contributed by atoms with Crippen molar-refractivity contribution in [2.45, 2.75) is 0 Å². The molecule has 2 aromatic rings. The summed E-state index contributed by atoms with van der Waals surface area (Å²) >= 11 is 1.65. The van der Waals surface area contributed by atoms with Crippen LogP contribution in [0.25, 0.3) is 10.4 Å². The number of carbonyl (C=O) groups excluding carboxylic acids is 1. The summed E-state index contributed by atoms with van der Waals surface area (Å²) in [6.45, 7) is 0. The maximum atomic E-state index is 10.8. The van der Waals surface area contributed by atoms with Gasteiger partial charge >= 0.3 is 0 Å². The fraction of sp³-hybridized carbons (Fsp3) is 0.100. The molecule has 0 amide bonds. The van der Waals surface area contributed by atoms with E-state index >= 15 is 0 Å². The second-order valence-corrected chi connectivity index (χ2v) is 3.77. The van der Waals surface area contributed by atoms with E-state index in [1.165, 1.54) is 0 Å². The predicted molar refractivity (Wildman–Crippen MR) is 54.1 cm³/mol. The molecule has 0 aliphatic heterocycles. The first-order valence-corrected chi connectivity index (χ1v) is 4.85. The maximum Gasteiger partial charge on any atom is 0.167 e. The van der Waals surface area contributed by atoms with Crippen molar-refractivity contribution in [1.82, 2.24) is 4.57 Å². The molecule has 66 valence electrons. The van der Waals surface area contributed by atoms with E-state index in [4.69, 9.17) is 0 Å². The highest BCUT2D eigenvalue weighted by molar-refractivity contribution is 7.13. The van der Waals surface area contributed by atoms with Gasteiger partial charge in [-0.2, -0.15) is 0 Å². The van der Waals surface area contributed by atoms with Crippen molar-refractivity contribution >= 4 is 17.6 Å². The molecule has 0 saturated carbocycles. The number of thiophene rings is 1. The van der Waals surface area contributed by atoms with E-state index in [0.717, 1.165) is 22.4 Å². The van der Waals surface area contributed by atoms with Crippen molar-refractivity contribution in [2.24, 2.45) is 7.05 Å². The number of carbonyl (C=O) groups is 1. The molecule has 0 unspecified atom stereocenters. The molecule has 0 fully saturated rings. The molecule has 2 nitrogen and oxygen atoms in total. The Morgan fingerprint density at radius 2 is 2.31 bits per heavy atom. The Morgan fingerprint density at radius 1 is 1.46 bits per heavy atom. The number of aldehydes is 1. The molecule has 0 aliphatic rings. The lowest BCUT2D eigenvalue weighted by atomic mass is 10.2. The third kappa shape index (κ3) is 1.31. The Morgan fingerprint density at radius 3 is 2.92 bits per heavy atom. The Labute approximate surface area is 80.4 Å². The average Bonchev–Trinajstić information content (AvgIpc) is 2.71. The first-order chi connectivity index (χ1) is 6.33. The van der Waals surface area contributed by atoms with E-state index in [1.807, 2.05) is 41.4 Å². The summed E-state index contributed by atoms with van der Waals surface area (Å²) < 4.78 is 1.84. The van der Waals surface area contributed by atoms with Gasteiger partial charge < -0.3 is 4.57 Å². The topological polar surface area (TPSA) is 22.0 Å². The van der Waals surface area contributed by atoms with Crippen LogP contribution in [0.4, 0.5) is 0 Å². The molecule has 0 spiro atoms. The summed E-state index contributed by atoms with van der Waals surface area (Å²) in [6.07, 6.45) is 2.80. The van der Waals surface area contributed by atoms with E-state index in [9.17, 15) is 4.79 Å². The second-order valence-electron chi connectivity index (χ2n) is 2.82. The second kappa shape index (κ2) is 3.18. The smallest absolute Gasteiger partial charge is 0.167 e. The minimum Gasteiger partial charge on any atom is -0.348 e. The molecule has 0 aliphatic carbocycles. The Kier molecular flexibility index (Phi) is 2.02. The summed E-state index contributed by atoms with van der Waals surface area (Å²) in [5, 5.41) is 2.01. The Hall–Kier alpha value is -1.35. The zero-order valence-electron chi connectivity index (χ0n) is 7.23. The third-order valence-electron chi connectivity index (χ3n) is 2.02. The maximum absolute atomic E-state index is 10.8. The van der Waals surface area contributed by atoms with Crippen LogP contribution >= 0.6 is 11.3 Å². The number of aryl methyl sites for hydroxylation is 1. The predicted octanol–water partition coefficient (Wildman–Crippen LogP) is 2.57. The largest absolute Gasteiger partial charge is 0.348 e. The summed E-state index contributed by atoms with van der Waals surface area (Å²) in [7, 11) is 1.88. The number of hydrogen-bond acceptors (Lipinski definition) is 2. The molecule has 13 heavy (non-hydrogen) atoms. The van der Waals surface area contributed by atoms with Crippen LogP contribution < -0.4 is 0 Å². The van der Waals surface area contributed by atoms with Gasteiger partial charge in [0, 0.05) is 23.7 Å². The molecule has 0 bridgehead atoms. The Balaban J connectivity index is 2.58. The highest BCUT2D eigenvalue weighted by atomic mass is 32.1. The van der Waals surface area contributed by atoms with Crippen LogP contribution in [-0.2, 0) is 7.05 Å². The molecule has 2 aromatic heterocycles. The third-order valence-corrected chi connectivity index (χ3v) is 2.92. The molecule has 0 atom stereocenters. The van der Waals surface area contributed by atoms with E-state index in [2.05, 4.69) is 0 Å². The SMILES string of the molecule is Cn1ccc(-c2cccs2)c1C=O. The number of rotatable bonds is 2. The minimum atomic E-state index is 0.738. The molecule has 0 N–H and O–H groups in total. The molecule has 0 aromatic carbocycles. The zero-order chi connectivity index (χ0) is 9.26. The lowest BCUT2D eigenvalue weighted by Crippen LogP contribution is -1.93. The molecular weight excluding hydrogens is 182 g/mol.